The molecule has 0 aliphatic carbocycles. The van der Waals surface area contributed by atoms with E-state index in [-0.39, 0.29) is 5.75 Å². The first-order valence-corrected chi connectivity index (χ1v) is 6.34. The molecule has 0 fully saturated rings. The number of benzene rings is 1. The number of phenolic OH excluding ortho intramolecular Hbond substituents is 1. The smallest absolute Gasteiger partial charge is 0.115 e. The predicted molar refractivity (Wildman–Crippen MR) is 69.1 cm³/mol. The summed E-state index contributed by atoms with van der Waals surface area (Å²) in [4.78, 5) is 1.24. The van der Waals surface area contributed by atoms with E-state index < -0.39 is 6.10 Å². The van der Waals surface area contributed by atoms with Crippen molar-refractivity contribution < 1.29 is 10.2 Å². The summed E-state index contributed by atoms with van der Waals surface area (Å²) in [7, 11) is 0. The van der Waals surface area contributed by atoms with Gasteiger partial charge in [-0.1, -0.05) is 18.2 Å². The van der Waals surface area contributed by atoms with E-state index >= 15 is 0 Å². The van der Waals surface area contributed by atoms with Crippen LogP contribution in [0.4, 0.5) is 0 Å². The minimum absolute atomic E-state index is 0.180. The van der Waals surface area contributed by atoms with Crippen molar-refractivity contribution in [2.24, 2.45) is 0 Å². The molecule has 0 saturated carbocycles. The highest BCUT2D eigenvalue weighted by Crippen LogP contribution is 2.17. The largest absolute Gasteiger partial charge is 0.508 e. The molecule has 0 saturated heterocycles. The minimum Gasteiger partial charge on any atom is -0.508 e. The number of aliphatic hydroxyl groups excluding tert-OH is 1. The molecule has 1 aromatic carbocycles. The van der Waals surface area contributed by atoms with Gasteiger partial charge < -0.3 is 15.5 Å². The minimum atomic E-state index is -0.595. The van der Waals surface area contributed by atoms with Crippen LogP contribution in [0.2, 0.25) is 0 Å². The highest BCUT2D eigenvalue weighted by molar-refractivity contribution is 7.09. The maximum Gasteiger partial charge on any atom is 0.115 e. The molecule has 0 spiro atoms. The van der Waals surface area contributed by atoms with Gasteiger partial charge in [-0.05, 0) is 29.1 Å². The van der Waals surface area contributed by atoms with Crippen LogP contribution in [0.5, 0.6) is 5.75 Å². The van der Waals surface area contributed by atoms with Gasteiger partial charge in [0, 0.05) is 18.0 Å². The van der Waals surface area contributed by atoms with Crippen molar-refractivity contribution in [2.75, 3.05) is 6.54 Å². The molecular formula is C13H15NO2S. The highest BCUT2D eigenvalue weighted by atomic mass is 32.1. The monoisotopic (exact) mass is 249 g/mol. The number of nitrogens with one attached hydrogen (secondary N) is 1. The molecule has 0 amide bonds. The fourth-order valence-corrected chi connectivity index (χ4v) is 2.27. The molecule has 1 aromatic heterocycles. The van der Waals surface area contributed by atoms with E-state index in [2.05, 4.69) is 11.4 Å². The molecule has 0 aliphatic rings. The fraction of sp³-hybridized carbons (Fsp3) is 0.231. The van der Waals surface area contributed by atoms with E-state index in [0.29, 0.717) is 6.54 Å². The summed E-state index contributed by atoms with van der Waals surface area (Å²) in [6, 6.07) is 10.8. The third kappa shape index (κ3) is 3.56. The first-order chi connectivity index (χ1) is 8.25. The van der Waals surface area contributed by atoms with Gasteiger partial charge >= 0.3 is 0 Å². The van der Waals surface area contributed by atoms with Gasteiger partial charge in [-0.3, -0.25) is 0 Å². The highest BCUT2D eigenvalue weighted by Gasteiger charge is 2.07. The van der Waals surface area contributed by atoms with Crippen LogP contribution in [0.25, 0.3) is 0 Å². The SMILES string of the molecule is Oc1cccc(C(O)CNCc2cccs2)c1. The van der Waals surface area contributed by atoms with Gasteiger partial charge in [-0.15, -0.1) is 11.3 Å². The van der Waals surface area contributed by atoms with Gasteiger partial charge in [0.15, 0.2) is 0 Å². The Hall–Kier alpha value is -1.36. The molecule has 1 heterocycles. The Balaban J connectivity index is 1.83. The second kappa shape index (κ2) is 5.82. The number of phenols is 1. The molecule has 0 aliphatic heterocycles. The summed E-state index contributed by atoms with van der Waals surface area (Å²) in [6.07, 6.45) is -0.595. The van der Waals surface area contributed by atoms with Crippen LogP contribution < -0.4 is 5.32 Å². The zero-order chi connectivity index (χ0) is 12.1. The molecule has 1 unspecified atom stereocenters. The quantitative estimate of drug-likeness (QED) is 0.762. The van der Waals surface area contributed by atoms with Crippen molar-refractivity contribution in [2.45, 2.75) is 12.6 Å². The molecule has 4 heteroatoms. The van der Waals surface area contributed by atoms with Gasteiger partial charge in [0.2, 0.25) is 0 Å². The lowest BCUT2D eigenvalue weighted by atomic mass is 10.1. The van der Waals surface area contributed by atoms with E-state index in [9.17, 15) is 10.2 Å². The van der Waals surface area contributed by atoms with Crippen molar-refractivity contribution in [3.05, 3.63) is 52.2 Å². The van der Waals surface area contributed by atoms with Crippen molar-refractivity contribution >= 4 is 11.3 Å². The topological polar surface area (TPSA) is 52.5 Å². The average Bonchev–Trinajstić information content (AvgIpc) is 2.82. The number of rotatable bonds is 5. The Bertz CT molecular complexity index is 456. The first kappa shape index (κ1) is 12.1. The van der Waals surface area contributed by atoms with Gasteiger partial charge in [-0.2, -0.15) is 0 Å². The number of aliphatic hydroxyl groups is 1. The van der Waals surface area contributed by atoms with Crippen molar-refractivity contribution in [1.29, 1.82) is 0 Å². The molecule has 0 bridgehead atoms. The maximum absolute atomic E-state index is 9.90. The maximum atomic E-state index is 9.90. The number of thiophene rings is 1. The molecule has 2 aromatic rings. The lowest BCUT2D eigenvalue weighted by Gasteiger charge is -2.11. The van der Waals surface area contributed by atoms with Gasteiger partial charge in [-0.25, -0.2) is 0 Å². The Morgan fingerprint density at radius 1 is 1.24 bits per heavy atom. The second-order valence-corrected chi connectivity index (χ2v) is 4.85. The Morgan fingerprint density at radius 2 is 2.12 bits per heavy atom. The number of aromatic hydroxyl groups is 1. The van der Waals surface area contributed by atoms with Crippen LogP contribution in [0, 0.1) is 0 Å². The van der Waals surface area contributed by atoms with Crippen LogP contribution in [0.3, 0.4) is 0 Å². The number of hydrogen-bond acceptors (Lipinski definition) is 4. The van der Waals surface area contributed by atoms with E-state index in [1.807, 2.05) is 11.4 Å². The Kier molecular flexibility index (Phi) is 4.14. The number of hydrogen-bond donors (Lipinski definition) is 3. The summed E-state index contributed by atoms with van der Waals surface area (Å²) in [5, 5.41) is 24.4. The van der Waals surface area contributed by atoms with Crippen LogP contribution >= 0.6 is 11.3 Å². The second-order valence-electron chi connectivity index (χ2n) is 3.82. The Labute approximate surface area is 104 Å². The van der Waals surface area contributed by atoms with Crippen LogP contribution in [-0.2, 0) is 6.54 Å². The predicted octanol–water partition coefficient (Wildman–Crippen LogP) is 2.28. The van der Waals surface area contributed by atoms with Crippen LogP contribution in [0.15, 0.2) is 41.8 Å². The van der Waals surface area contributed by atoms with E-state index in [1.54, 1.807) is 35.6 Å². The molecule has 2 rings (SSSR count). The van der Waals surface area contributed by atoms with Crippen molar-refractivity contribution in [3.8, 4) is 5.75 Å². The van der Waals surface area contributed by atoms with Crippen LogP contribution in [0.1, 0.15) is 16.5 Å². The van der Waals surface area contributed by atoms with E-state index in [0.717, 1.165) is 12.1 Å². The molecular weight excluding hydrogens is 234 g/mol. The molecule has 17 heavy (non-hydrogen) atoms. The molecule has 0 radical (unpaired) electrons. The summed E-state index contributed by atoms with van der Waals surface area (Å²) in [5.74, 6) is 0.180. The van der Waals surface area contributed by atoms with E-state index in [4.69, 9.17) is 0 Å². The first-order valence-electron chi connectivity index (χ1n) is 5.46. The van der Waals surface area contributed by atoms with Crippen LogP contribution in [-0.4, -0.2) is 16.8 Å². The third-order valence-electron chi connectivity index (χ3n) is 2.47. The summed E-state index contributed by atoms with van der Waals surface area (Å²) < 4.78 is 0. The lowest BCUT2D eigenvalue weighted by Crippen LogP contribution is -2.20. The zero-order valence-electron chi connectivity index (χ0n) is 9.34. The fourth-order valence-electron chi connectivity index (χ4n) is 1.60. The summed E-state index contributed by atoms with van der Waals surface area (Å²) >= 11 is 1.69. The van der Waals surface area contributed by atoms with Crippen molar-refractivity contribution in [1.82, 2.24) is 5.32 Å². The summed E-state index contributed by atoms with van der Waals surface area (Å²) in [5.41, 5.74) is 0.726. The van der Waals surface area contributed by atoms with Gasteiger partial charge in [0.25, 0.3) is 0 Å². The van der Waals surface area contributed by atoms with Gasteiger partial charge in [0.05, 0.1) is 6.10 Å². The normalized spacial score (nSPS) is 12.5. The van der Waals surface area contributed by atoms with E-state index in [1.165, 1.54) is 4.88 Å². The molecule has 1 atom stereocenters. The lowest BCUT2D eigenvalue weighted by molar-refractivity contribution is 0.174. The van der Waals surface area contributed by atoms with Crippen molar-refractivity contribution in [3.63, 3.8) is 0 Å². The zero-order valence-corrected chi connectivity index (χ0v) is 10.2. The average molecular weight is 249 g/mol. The molecule has 3 N–H and O–H groups in total. The standard InChI is InChI=1S/C13H15NO2S/c15-11-4-1-3-10(7-11)13(16)9-14-8-12-5-2-6-17-12/h1-7,13-16H,8-9H2. The molecule has 90 valence electrons. The molecule has 3 nitrogen and oxygen atoms in total. The Morgan fingerprint density at radius 3 is 2.82 bits per heavy atom. The third-order valence-corrected chi connectivity index (χ3v) is 3.35. The van der Waals surface area contributed by atoms with Gasteiger partial charge in [0.1, 0.15) is 5.75 Å². The summed E-state index contributed by atoms with van der Waals surface area (Å²) in [6.45, 7) is 1.23.